The Balaban J connectivity index is 1.51. The molecule has 0 saturated carbocycles. The quantitative estimate of drug-likeness (QED) is 0.837. The lowest BCUT2D eigenvalue weighted by molar-refractivity contribution is -0.00452. The molecule has 0 spiro atoms. The van der Waals surface area contributed by atoms with Gasteiger partial charge in [-0.1, -0.05) is 6.92 Å². The van der Waals surface area contributed by atoms with Gasteiger partial charge in [-0.25, -0.2) is 0 Å². The van der Waals surface area contributed by atoms with Crippen LogP contribution in [0.3, 0.4) is 0 Å². The Morgan fingerprint density at radius 1 is 1.15 bits per heavy atom. The third-order valence-corrected chi connectivity index (χ3v) is 5.78. The van der Waals surface area contributed by atoms with Crippen molar-refractivity contribution in [1.82, 2.24) is 15.1 Å². The van der Waals surface area contributed by atoms with Crippen molar-refractivity contribution in [2.45, 2.75) is 38.6 Å². The number of rotatable bonds is 4. The van der Waals surface area contributed by atoms with Crippen LogP contribution in [0.1, 0.15) is 32.6 Å². The second kappa shape index (κ2) is 6.73. The van der Waals surface area contributed by atoms with Gasteiger partial charge in [-0.05, 0) is 37.6 Å². The molecule has 1 N–H and O–H groups in total. The summed E-state index contributed by atoms with van der Waals surface area (Å²) in [5.41, 5.74) is 0.538. The summed E-state index contributed by atoms with van der Waals surface area (Å²) in [7, 11) is 0. The Hall–Kier alpha value is -0.160. The molecular formula is C16H31N3O. The van der Waals surface area contributed by atoms with Crippen LogP contribution in [0.15, 0.2) is 0 Å². The molecule has 4 heteroatoms. The van der Waals surface area contributed by atoms with Crippen LogP contribution in [0, 0.1) is 5.41 Å². The Kier molecular flexibility index (Phi) is 4.97. The van der Waals surface area contributed by atoms with Crippen molar-refractivity contribution < 1.29 is 4.74 Å². The Morgan fingerprint density at radius 3 is 2.60 bits per heavy atom. The summed E-state index contributed by atoms with van der Waals surface area (Å²) in [5.74, 6) is 0. The van der Waals surface area contributed by atoms with Gasteiger partial charge in [0.05, 0.1) is 0 Å². The molecule has 0 aromatic carbocycles. The maximum Gasteiger partial charge on any atom is 0.0471 e. The van der Waals surface area contributed by atoms with E-state index >= 15 is 0 Å². The maximum atomic E-state index is 5.57. The van der Waals surface area contributed by atoms with Gasteiger partial charge in [0, 0.05) is 58.5 Å². The standard InChI is InChI=1S/C16H31N3O/c1-2-16(4-11-20-12-5-16)14-18-8-3-15(13-18)19-9-6-17-7-10-19/h15,17H,2-14H2,1H3. The molecule has 1 atom stereocenters. The smallest absolute Gasteiger partial charge is 0.0471 e. The molecular weight excluding hydrogens is 250 g/mol. The van der Waals surface area contributed by atoms with Gasteiger partial charge >= 0.3 is 0 Å². The number of ether oxygens (including phenoxy) is 1. The highest BCUT2D eigenvalue weighted by molar-refractivity contribution is 4.90. The number of nitrogens with one attached hydrogen (secondary N) is 1. The first-order valence-corrected chi connectivity index (χ1v) is 8.56. The van der Waals surface area contributed by atoms with Crippen molar-refractivity contribution in [2.24, 2.45) is 5.41 Å². The molecule has 1 unspecified atom stereocenters. The molecule has 0 aliphatic carbocycles. The molecule has 20 heavy (non-hydrogen) atoms. The molecule has 0 aromatic rings. The molecule has 3 aliphatic heterocycles. The largest absolute Gasteiger partial charge is 0.381 e. The molecule has 0 amide bonds. The van der Waals surface area contributed by atoms with E-state index in [2.05, 4.69) is 22.0 Å². The van der Waals surface area contributed by atoms with E-state index in [-0.39, 0.29) is 0 Å². The normalized spacial score (nSPS) is 32.5. The van der Waals surface area contributed by atoms with Crippen molar-refractivity contribution in [2.75, 3.05) is 59.0 Å². The minimum atomic E-state index is 0.538. The van der Waals surface area contributed by atoms with Crippen molar-refractivity contribution in [3.05, 3.63) is 0 Å². The molecule has 3 fully saturated rings. The predicted octanol–water partition coefficient (Wildman–Crippen LogP) is 1.17. The van der Waals surface area contributed by atoms with Gasteiger partial charge in [0.1, 0.15) is 0 Å². The third kappa shape index (κ3) is 3.35. The highest BCUT2D eigenvalue weighted by Crippen LogP contribution is 2.36. The van der Waals surface area contributed by atoms with E-state index in [4.69, 9.17) is 4.74 Å². The minimum absolute atomic E-state index is 0.538. The van der Waals surface area contributed by atoms with Crippen molar-refractivity contribution in [3.8, 4) is 0 Å². The zero-order valence-corrected chi connectivity index (χ0v) is 13.1. The number of hydrogen-bond acceptors (Lipinski definition) is 4. The van der Waals surface area contributed by atoms with Crippen LogP contribution in [-0.2, 0) is 4.74 Å². The van der Waals surface area contributed by atoms with E-state index in [1.165, 1.54) is 71.5 Å². The molecule has 3 aliphatic rings. The van der Waals surface area contributed by atoms with Crippen LogP contribution < -0.4 is 5.32 Å². The van der Waals surface area contributed by atoms with E-state index in [0.717, 1.165) is 19.3 Å². The highest BCUT2D eigenvalue weighted by Gasteiger charge is 2.36. The lowest BCUT2D eigenvalue weighted by Gasteiger charge is -2.40. The van der Waals surface area contributed by atoms with Crippen LogP contribution in [0.4, 0.5) is 0 Å². The first kappa shape index (κ1) is 14.8. The van der Waals surface area contributed by atoms with E-state index < -0.39 is 0 Å². The van der Waals surface area contributed by atoms with Gasteiger partial charge in [-0.2, -0.15) is 0 Å². The number of nitrogens with zero attached hydrogens (tertiary/aromatic N) is 2. The zero-order chi connectivity index (χ0) is 13.8. The maximum absolute atomic E-state index is 5.57. The molecule has 0 bridgehead atoms. The lowest BCUT2D eigenvalue weighted by atomic mass is 9.77. The van der Waals surface area contributed by atoms with Crippen molar-refractivity contribution in [3.63, 3.8) is 0 Å². The van der Waals surface area contributed by atoms with Crippen LogP contribution in [0.2, 0.25) is 0 Å². The monoisotopic (exact) mass is 281 g/mol. The number of likely N-dealkylation sites (tertiary alicyclic amines) is 1. The van der Waals surface area contributed by atoms with E-state index in [9.17, 15) is 0 Å². The number of hydrogen-bond donors (Lipinski definition) is 1. The molecule has 3 saturated heterocycles. The highest BCUT2D eigenvalue weighted by atomic mass is 16.5. The van der Waals surface area contributed by atoms with Crippen LogP contribution in [0.5, 0.6) is 0 Å². The third-order valence-electron chi connectivity index (χ3n) is 5.78. The van der Waals surface area contributed by atoms with Gasteiger partial charge in [0.2, 0.25) is 0 Å². The lowest BCUT2D eigenvalue weighted by Crippen LogP contribution is -2.49. The Morgan fingerprint density at radius 2 is 1.90 bits per heavy atom. The topological polar surface area (TPSA) is 27.7 Å². The summed E-state index contributed by atoms with van der Waals surface area (Å²) < 4.78 is 5.57. The summed E-state index contributed by atoms with van der Waals surface area (Å²) in [4.78, 5) is 5.45. The summed E-state index contributed by atoms with van der Waals surface area (Å²) >= 11 is 0. The predicted molar refractivity (Wildman–Crippen MR) is 82.1 cm³/mol. The van der Waals surface area contributed by atoms with Gasteiger partial charge in [0.25, 0.3) is 0 Å². The SMILES string of the molecule is CCC1(CN2CCC(N3CCNCC3)C2)CCOCC1. The molecule has 3 rings (SSSR count). The fourth-order valence-electron chi connectivity index (χ4n) is 4.20. The van der Waals surface area contributed by atoms with Crippen molar-refractivity contribution >= 4 is 0 Å². The summed E-state index contributed by atoms with van der Waals surface area (Å²) in [6.45, 7) is 13.0. The second-order valence-electron chi connectivity index (χ2n) is 6.93. The number of piperazine rings is 1. The van der Waals surface area contributed by atoms with Gasteiger partial charge in [0.15, 0.2) is 0 Å². The first-order chi connectivity index (χ1) is 9.81. The van der Waals surface area contributed by atoms with E-state index in [1.54, 1.807) is 0 Å². The molecule has 0 radical (unpaired) electrons. The minimum Gasteiger partial charge on any atom is -0.381 e. The molecule has 0 aromatic heterocycles. The molecule has 116 valence electrons. The fourth-order valence-corrected chi connectivity index (χ4v) is 4.20. The molecule has 4 nitrogen and oxygen atoms in total. The van der Waals surface area contributed by atoms with E-state index in [0.29, 0.717) is 5.41 Å². The second-order valence-corrected chi connectivity index (χ2v) is 6.93. The fraction of sp³-hybridized carbons (Fsp3) is 1.00. The zero-order valence-electron chi connectivity index (χ0n) is 13.1. The van der Waals surface area contributed by atoms with Crippen LogP contribution in [-0.4, -0.2) is 74.9 Å². The first-order valence-electron chi connectivity index (χ1n) is 8.56. The molecule has 3 heterocycles. The average molecular weight is 281 g/mol. The Bertz CT molecular complexity index is 298. The average Bonchev–Trinajstić information content (AvgIpc) is 2.97. The van der Waals surface area contributed by atoms with Crippen LogP contribution >= 0.6 is 0 Å². The van der Waals surface area contributed by atoms with Gasteiger partial charge < -0.3 is 15.0 Å². The van der Waals surface area contributed by atoms with Crippen LogP contribution in [0.25, 0.3) is 0 Å². The summed E-state index contributed by atoms with van der Waals surface area (Å²) in [5, 5.41) is 3.46. The summed E-state index contributed by atoms with van der Waals surface area (Å²) in [6, 6.07) is 0.811. The van der Waals surface area contributed by atoms with Gasteiger partial charge in [-0.3, -0.25) is 4.90 Å². The van der Waals surface area contributed by atoms with Gasteiger partial charge in [-0.15, -0.1) is 0 Å². The van der Waals surface area contributed by atoms with E-state index in [1.807, 2.05) is 0 Å². The Labute approximate surface area is 123 Å². The van der Waals surface area contributed by atoms with Crippen molar-refractivity contribution in [1.29, 1.82) is 0 Å². The summed E-state index contributed by atoms with van der Waals surface area (Å²) in [6.07, 6.45) is 5.21.